The van der Waals surface area contributed by atoms with E-state index in [-0.39, 0.29) is 11.5 Å². The summed E-state index contributed by atoms with van der Waals surface area (Å²) in [7, 11) is -3.75. The fourth-order valence-electron chi connectivity index (χ4n) is 3.36. The third-order valence-electron chi connectivity index (χ3n) is 4.38. The molecular formula is C19H13Br2F2NO4S2. The Morgan fingerprint density at radius 1 is 1.17 bits per heavy atom. The second-order valence-corrected chi connectivity index (χ2v) is 11.5. The first-order chi connectivity index (χ1) is 14.1. The molecule has 3 aromatic rings. The molecule has 158 valence electrons. The molecule has 4 rings (SSSR count). The predicted molar refractivity (Wildman–Crippen MR) is 118 cm³/mol. The topological polar surface area (TPSA) is 78.6 Å². The molecule has 2 N–H and O–H groups in total. The maximum absolute atomic E-state index is 13.0. The number of halogens is 4. The molecule has 0 spiro atoms. The van der Waals surface area contributed by atoms with Gasteiger partial charge in [0.15, 0.2) is 6.10 Å². The molecule has 0 saturated heterocycles. The van der Waals surface area contributed by atoms with Gasteiger partial charge in [-0.05, 0) is 51.3 Å². The molecule has 0 fully saturated rings. The van der Waals surface area contributed by atoms with Crippen molar-refractivity contribution < 1.29 is 26.7 Å². The molecule has 1 aromatic heterocycles. The van der Waals surface area contributed by atoms with Crippen molar-refractivity contribution in [2.24, 2.45) is 5.14 Å². The summed E-state index contributed by atoms with van der Waals surface area (Å²) in [6.45, 7) is -3.01. The van der Waals surface area contributed by atoms with Crippen LogP contribution in [0.4, 0.5) is 8.78 Å². The van der Waals surface area contributed by atoms with E-state index in [0.29, 0.717) is 32.5 Å². The highest BCUT2D eigenvalue weighted by atomic mass is 79.9. The molecular weight excluding hydrogens is 568 g/mol. The average Bonchev–Trinajstić information content (AvgIpc) is 3.04. The molecule has 1 aliphatic heterocycles. The van der Waals surface area contributed by atoms with Crippen LogP contribution in [0.15, 0.2) is 50.7 Å². The van der Waals surface area contributed by atoms with E-state index in [1.54, 1.807) is 24.3 Å². The first-order valence-corrected chi connectivity index (χ1v) is 12.6. The third kappa shape index (κ3) is 4.54. The summed E-state index contributed by atoms with van der Waals surface area (Å²) in [5.41, 5.74) is 2.10. The van der Waals surface area contributed by atoms with Crippen LogP contribution in [0.5, 0.6) is 11.5 Å². The highest BCUT2D eigenvalue weighted by Crippen LogP contribution is 2.51. The van der Waals surface area contributed by atoms with E-state index in [0.717, 1.165) is 8.66 Å². The molecule has 1 unspecified atom stereocenters. The summed E-state index contributed by atoms with van der Waals surface area (Å²) in [4.78, 5) is 0.859. The van der Waals surface area contributed by atoms with Crippen molar-refractivity contribution >= 4 is 53.2 Å². The van der Waals surface area contributed by atoms with Gasteiger partial charge >= 0.3 is 6.61 Å². The fourth-order valence-corrected chi connectivity index (χ4v) is 5.89. The lowest BCUT2D eigenvalue weighted by molar-refractivity contribution is -0.0496. The quantitative estimate of drug-likeness (QED) is 0.413. The van der Waals surface area contributed by atoms with Crippen molar-refractivity contribution in [2.75, 3.05) is 0 Å². The molecule has 0 aliphatic carbocycles. The minimum absolute atomic E-state index is 0.0411. The van der Waals surface area contributed by atoms with Crippen molar-refractivity contribution in [3.05, 3.63) is 66.7 Å². The summed E-state index contributed by atoms with van der Waals surface area (Å²) < 4.78 is 61.6. The fraction of sp³-hybridized carbons (Fsp3) is 0.158. The number of rotatable bonds is 5. The van der Waals surface area contributed by atoms with E-state index in [1.807, 2.05) is 12.1 Å². The number of ether oxygens (including phenoxy) is 2. The lowest BCUT2D eigenvalue weighted by Gasteiger charge is -2.30. The third-order valence-corrected chi connectivity index (χ3v) is 7.24. The van der Waals surface area contributed by atoms with Crippen molar-refractivity contribution in [3.8, 4) is 22.6 Å². The van der Waals surface area contributed by atoms with Crippen LogP contribution < -0.4 is 14.6 Å². The molecule has 0 bridgehead atoms. The smallest absolute Gasteiger partial charge is 0.387 e. The van der Waals surface area contributed by atoms with Crippen molar-refractivity contribution in [2.45, 2.75) is 18.5 Å². The Labute approximate surface area is 192 Å². The lowest BCUT2D eigenvalue weighted by atomic mass is 9.90. The largest absolute Gasteiger partial charge is 0.479 e. The lowest BCUT2D eigenvalue weighted by Crippen LogP contribution is -2.18. The number of sulfonamides is 1. The zero-order chi connectivity index (χ0) is 21.6. The molecule has 0 radical (unpaired) electrons. The number of hydrogen-bond acceptors (Lipinski definition) is 5. The Hall–Kier alpha value is -1.53. The minimum Gasteiger partial charge on any atom is -0.479 e. The number of alkyl halides is 2. The van der Waals surface area contributed by atoms with E-state index < -0.39 is 22.7 Å². The predicted octanol–water partition coefficient (Wildman–Crippen LogP) is 5.81. The normalized spacial score (nSPS) is 15.5. The summed E-state index contributed by atoms with van der Waals surface area (Å²) >= 11 is 8.19. The monoisotopic (exact) mass is 579 g/mol. The molecule has 2 heterocycles. The van der Waals surface area contributed by atoms with Gasteiger partial charge in [0.1, 0.15) is 11.5 Å². The van der Waals surface area contributed by atoms with Gasteiger partial charge in [-0.1, -0.05) is 34.1 Å². The van der Waals surface area contributed by atoms with Crippen LogP contribution in [0, 0.1) is 0 Å². The minimum atomic E-state index is -3.75. The SMILES string of the molecule is NS(=O)(=O)Cc1ccc2c(c1)C(c1ccc(Br)s1)Oc1cc(Br)cc(OC(F)F)c1-2. The summed E-state index contributed by atoms with van der Waals surface area (Å²) in [6.07, 6.45) is -0.557. The standard InChI is InChI=1S/C19H13Br2F2NO4S2/c20-10-6-13-17(14(7-10)28-19(22)23)11-2-1-9(8-30(24,25)26)5-12(11)18(27-13)15-3-4-16(21)29-15/h1-7,18-19H,8H2,(H2,24,25,26). The van der Waals surface area contributed by atoms with Gasteiger partial charge in [0.05, 0.1) is 20.0 Å². The zero-order valence-electron chi connectivity index (χ0n) is 14.9. The molecule has 0 amide bonds. The highest BCUT2D eigenvalue weighted by Gasteiger charge is 2.32. The van der Waals surface area contributed by atoms with E-state index in [2.05, 4.69) is 31.9 Å². The Kier molecular flexibility index (Phi) is 5.92. The van der Waals surface area contributed by atoms with Gasteiger partial charge in [-0.15, -0.1) is 11.3 Å². The molecule has 1 atom stereocenters. The number of thiophene rings is 1. The van der Waals surface area contributed by atoms with E-state index in [4.69, 9.17) is 14.6 Å². The summed E-state index contributed by atoms with van der Waals surface area (Å²) in [6, 6.07) is 11.8. The number of nitrogens with two attached hydrogens (primary N) is 1. The van der Waals surface area contributed by atoms with Crippen LogP contribution in [0.2, 0.25) is 0 Å². The van der Waals surface area contributed by atoms with Crippen LogP contribution in [0.1, 0.15) is 22.1 Å². The second kappa shape index (κ2) is 8.19. The van der Waals surface area contributed by atoms with Crippen LogP contribution in [0.3, 0.4) is 0 Å². The van der Waals surface area contributed by atoms with Gasteiger partial charge in [-0.2, -0.15) is 8.78 Å². The molecule has 30 heavy (non-hydrogen) atoms. The first kappa shape index (κ1) is 21.7. The van der Waals surface area contributed by atoms with Gasteiger partial charge in [-0.25, -0.2) is 13.6 Å². The molecule has 2 aromatic carbocycles. The number of fused-ring (bicyclic) bond motifs is 3. The van der Waals surface area contributed by atoms with E-state index in [1.165, 1.54) is 17.4 Å². The Morgan fingerprint density at radius 3 is 2.57 bits per heavy atom. The maximum Gasteiger partial charge on any atom is 0.387 e. The number of primary sulfonamides is 1. The van der Waals surface area contributed by atoms with Gasteiger partial charge in [0.25, 0.3) is 0 Å². The number of hydrogen-bond donors (Lipinski definition) is 1. The summed E-state index contributed by atoms with van der Waals surface area (Å²) in [5, 5.41) is 5.19. The van der Waals surface area contributed by atoms with Crippen LogP contribution in [0.25, 0.3) is 11.1 Å². The maximum atomic E-state index is 13.0. The average molecular weight is 581 g/mol. The second-order valence-electron chi connectivity index (χ2n) is 6.52. The van der Waals surface area contributed by atoms with Crippen LogP contribution in [-0.2, 0) is 15.8 Å². The van der Waals surface area contributed by atoms with Crippen molar-refractivity contribution in [1.82, 2.24) is 0 Å². The molecule has 1 aliphatic rings. The molecule has 0 saturated carbocycles. The van der Waals surface area contributed by atoms with Gasteiger partial charge in [-0.3, -0.25) is 0 Å². The number of benzene rings is 2. The molecule has 11 heteroatoms. The van der Waals surface area contributed by atoms with Gasteiger partial charge in [0.2, 0.25) is 10.0 Å². The Balaban J connectivity index is 1.93. The van der Waals surface area contributed by atoms with Crippen LogP contribution in [-0.4, -0.2) is 15.0 Å². The van der Waals surface area contributed by atoms with Crippen LogP contribution >= 0.6 is 43.2 Å². The van der Waals surface area contributed by atoms with Crippen molar-refractivity contribution in [1.29, 1.82) is 0 Å². The van der Waals surface area contributed by atoms with Gasteiger partial charge in [0, 0.05) is 10.0 Å². The highest BCUT2D eigenvalue weighted by molar-refractivity contribution is 9.11. The zero-order valence-corrected chi connectivity index (χ0v) is 19.7. The van der Waals surface area contributed by atoms with Crippen molar-refractivity contribution in [3.63, 3.8) is 0 Å². The van der Waals surface area contributed by atoms with E-state index >= 15 is 0 Å². The van der Waals surface area contributed by atoms with E-state index in [9.17, 15) is 17.2 Å². The Morgan fingerprint density at radius 2 is 1.93 bits per heavy atom. The molecule has 5 nitrogen and oxygen atoms in total. The van der Waals surface area contributed by atoms with Gasteiger partial charge < -0.3 is 9.47 Å². The first-order valence-electron chi connectivity index (χ1n) is 8.44. The Bertz CT molecular complexity index is 1230. The summed E-state index contributed by atoms with van der Waals surface area (Å²) in [5.74, 6) is -0.0174.